The Labute approximate surface area is 119 Å². The molecule has 3 N–H and O–H groups in total. The predicted molar refractivity (Wildman–Crippen MR) is 71.5 cm³/mol. The van der Waals surface area contributed by atoms with E-state index in [4.69, 9.17) is 16.0 Å². The summed E-state index contributed by atoms with van der Waals surface area (Å²) in [4.78, 5) is 23.5. The lowest BCUT2D eigenvalue weighted by Crippen LogP contribution is -2.41. The van der Waals surface area contributed by atoms with Gasteiger partial charge in [0.2, 0.25) is 0 Å². The van der Waals surface area contributed by atoms with Gasteiger partial charge >= 0.3 is 0 Å². The Morgan fingerprint density at radius 3 is 2.50 bits per heavy atom. The van der Waals surface area contributed by atoms with Gasteiger partial charge in [0.15, 0.2) is 0 Å². The van der Waals surface area contributed by atoms with Crippen LogP contribution < -0.4 is 10.9 Å². The number of aryl methyl sites for hydroxylation is 1. The summed E-state index contributed by atoms with van der Waals surface area (Å²) in [7, 11) is 0. The predicted octanol–water partition coefficient (Wildman–Crippen LogP) is 2.02. The number of amides is 2. The molecule has 0 saturated carbocycles. The topological polar surface area (TPSA) is 91.6 Å². The van der Waals surface area contributed by atoms with Crippen molar-refractivity contribution in [3.63, 3.8) is 0 Å². The van der Waals surface area contributed by atoms with Crippen molar-refractivity contribution >= 4 is 23.4 Å². The Balaban J connectivity index is 2.00. The minimum atomic E-state index is -0.554. The van der Waals surface area contributed by atoms with Gasteiger partial charge in [0.1, 0.15) is 11.5 Å². The summed E-state index contributed by atoms with van der Waals surface area (Å²) in [5, 5.41) is 9.31. The Kier molecular flexibility index (Phi) is 3.95. The first kappa shape index (κ1) is 14.0. The number of hydrazine groups is 1. The van der Waals surface area contributed by atoms with E-state index in [0.717, 1.165) is 0 Å². The van der Waals surface area contributed by atoms with E-state index in [1.54, 1.807) is 6.92 Å². The van der Waals surface area contributed by atoms with Crippen molar-refractivity contribution in [1.82, 2.24) is 10.9 Å². The van der Waals surface area contributed by atoms with Gasteiger partial charge in [-0.3, -0.25) is 20.4 Å². The third kappa shape index (κ3) is 2.92. The van der Waals surface area contributed by atoms with Gasteiger partial charge in [-0.1, -0.05) is 11.6 Å². The zero-order valence-corrected chi connectivity index (χ0v) is 11.2. The molecule has 2 aromatic rings. The Morgan fingerprint density at radius 1 is 1.20 bits per heavy atom. The van der Waals surface area contributed by atoms with E-state index in [0.29, 0.717) is 11.3 Å². The van der Waals surface area contributed by atoms with Gasteiger partial charge in [0, 0.05) is 5.56 Å². The largest absolute Gasteiger partial charge is 0.506 e. The number of furan rings is 1. The van der Waals surface area contributed by atoms with Crippen molar-refractivity contribution in [2.24, 2.45) is 0 Å². The van der Waals surface area contributed by atoms with Crippen LogP contribution in [0.15, 0.2) is 34.9 Å². The molecule has 7 heteroatoms. The second-order valence-electron chi connectivity index (χ2n) is 3.96. The Bertz CT molecular complexity index is 666. The number of carbonyl (C=O) groups is 2. The molecule has 0 bridgehead atoms. The third-order valence-electron chi connectivity index (χ3n) is 2.60. The molecular weight excluding hydrogens is 284 g/mol. The third-order valence-corrected chi connectivity index (χ3v) is 2.91. The smallest absolute Gasteiger partial charge is 0.273 e. The second kappa shape index (κ2) is 5.66. The normalized spacial score (nSPS) is 10.1. The molecule has 0 radical (unpaired) electrons. The van der Waals surface area contributed by atoms with Gasteiger partial charge in [-0.15, -0.1) is 0 Å². The van der Waals surface area contributed by atoms with Crippen LogP contribution in [-0.2, 0) is 0 Å². The molecule has 0 aliphatic carbocycles. The highest BCUT2D eigenvalue weighted by Crippen LogP contribution is 2.23. The average molecular weight is 295 g/mol. The van der Waals surface area contributed by atoms with Gasteiger partial charge in [-0.25, -0.2) is 0 Å². The van der Waals surface area contributed by atoms with Crippen LogP contribution in [0, 0.1) is 6.92 Å². The van der Waals surface area contributed by atoms with Crippen LogP contribution in [0.3, 0.4) is 0 Å². The molecule has 104 valence electrons. The number of nitrogens with one attached hydrogen (secondary N) is 2. The molecule has 1 aromatic heterocycles. The first-order chi connectivity index (χ1) is 9.49. The maximum Gasteiger partial charge on any atom is 0.273 e. The quantitative estimate of drug-likeness (QED) is 0.739. The van der Waals surface area contributed by atoms with Gasteiger partial charge in [-0.05, 0) is 31.2 Å². The number of carbonyl (C=O) groups excluding carboxylic acids is 2. The van der Waals surface area contributed by atoms with Crippen LogP contribution in [-0.4, -0.2) is 16.9 Å². The van der Waals surface area contributed by atoms with Crippen molar-refractivity contribution < 1.29 is 19.1 Å². The molecule has 1 heterocycles. The molecule has 2 amide bonds. The van der Waals surface area contributed by atoms with Gasteiger partial charge in [0.05, 0.1) is 16.8 Å². The molecule has 2 rings (SSSR count). The highest BCUT2D eigenvalue weighted by atomic mass is 35.5. The lowest BCUT2D eigenvalue weighted by molar-refractivity contribution is 0.0845. The van der Waals surface area contributed by atoms with Crippen LogP contribution in [0.5, 0.6) is 5.75 Å². The van der Waals surface area contributed by atoms with E-state index < -0.39 is 11.8 Å². The summed E-state index contributed by atoms with van der Waals surface area (Å²) in [6, 6.07) is 5.46. The van der Waals surface area contributed by atoms with Crippen LogP contribution in [0.1, 0.15) is 26.5 Å². The lowest BCUT2D eigenvalue weighted by Gasteiger charge is -2.07. The van der Waals surface area contributed by atoms with Crippen molar-refractivity contribution in [2.45, 2.75) is 6.92 Å². The van der Waals surface area contributed by atoms with E-state index in [1.165, 1.54) is 30.5 Å². The van der Waals surface area contributed by atoms with Crippen LogP contribution in [0.25, 0.3) is 0 Å². The number of phenols is 1. The number of rotatable bonds is 2. The highest BCUT2D eigenvalue weighted by Gasteiger charge is 2.13. The second-order valence-corrected chi connectivity index (χ2v) is 4.37. The SMILES string of the molecule is Cc1occc1C(=O)NNC(=O)c1ccc(O)c(Cl)c1. The van der Waals surface area contributed by atoms with E-state index in [9.17, 15) is 14.7 Å². The van der Waals surface area contributed by atoms with Crippen molar-refractivity contribution in [3.8, 4) is 5.75 Å². The summed E-state index contributed by atoms with van der Waals surface area (Å²) >= 11 is 5.69. The molecule has 0 spiro atoms. The number of hydrogen-bond donors (Lipinski definition) is 3. The molecule has 0 atom stereocenters. The molecule has 20 heavy (non-hydrogen) atoms. The first-order valence-electron chi connectivity index (χ1n) is 5.62. The molecule has 1 aromatic carbocycles. The fourth-order valence-electron chi connectivity index (χ4n) is 1.52. The Morgan fingerprint density at radius 2 is 1.90 bits per heavy atom. The number of hydrogen-bond acceptors (Lipinski definition) is 4. The van der Waals surface area contributed by atoms with E-state index in [2.05, 4.69) is 10.9 Å². The van der Waals surface area contributed by atoms with Crippen molar-refractivity contribution in [2.75, 3.05) is 0 Å². The fraction of sp³-hybridized carbons (Fsp3) is 0.0769. The number of benzene rings is 1. The molecule has 0 fully saturated rings. The maximum absolute atomic E-state index is 11.8. The van der Waals surface area contributed by atoms with Crippen LogP contribution >= 0.6 is 11.6 Å². The number of halogens is 1. The first-order valence-corrected chi connectivity index (χ1v) is 6.00. The van der Waals surface area contributed by atoms with Gasteiger partial charge < -0.3 is 9.52 Å². The average Bonchev–Trinajstić information content (AvgIpc) is 2.85. The van der Waals surface area contributed by atoms with E-state index in [1.807, 2.05) is 0 Å². The zero-order chi connectivity index (χ0) is 14.7. The summed E-state index contributed by atoms with van der Waals surface area (Å²) in [6.07, 6.45) is 1.38. The van der Waals surface area contributed by atoms with Crippen LogP contribution in [0.2, 0.25) is 5.02 Å². The number of aromatic hydroxyl groups is 1. The van der Waals surface area contributed by atoms with Gasteiger partial charge in [-0.2, -0.15) is 0 Å². The zero-order valence-electron chi connectivity index (χ0n) is 10.4. The molecule has 0 aliphatic rings. The fourth-order valence-corrected chi connectivity index (χ4v) is 1.70. The number of phenolic OH excluding ortho intramolecular Hbond substituents is 1. The van der Waals surface area contributed by atoms with Crippen molar-refractivity contribution in [3.05, 3.63) is 52.4 Å². The Hall–Kier alpha value is -2.47. The van der Waals surface area contributed by atoms with E-state index in [-0.39, 0.29) is 16.3 Å². The standard InChI is InChI=1S/C13H11ClN2O4/c1-7-9(4-5-20-7)13(19)16-15-12(18)8-2-3-11(17)10(14)6-8/h2-6,17H,1H3,(H,15,18)(H,16,19). The van der Waals surface area contributed by atoms with Gasteiger partial charge in [0.25, 0.3) is 11.8 Å². The summed E-state index contributed by atoms with van der Waals surface area (Å²) in [5.41, 5.74) is 5.03. The summed E-state index contributed by atoms with van der Waals surface area (Å²) in [5.74, 6) is -0.721. The maximum atomic E-state index is 11.8. The minimum absolute atomic E-state index is 0.0506. The van der Waals surface area contributed by atoms with Crippen molar-refractivity contribution in [1.29, 1.82) is 0 Å². The molecule has 0 aliphatic heterocycles. The highest BCUT2D eigenvalue weighted by molar-refractivity contribution is 6.32. The molecule has 0 saturated heterocycles. The molecule has 6 nitrogen and oxygen atoms in total. The minimum Gasteiger partial charge on any atom is -0.506 e. The van der Waals surface area contributed by atoms with Crippen LogP contribution in [0.4, 0.5) is 0 Å². The lowest BCUT2D eigenvalue weighted by atomic mass is 10.2. The summed E-state index contributed by atoms with van der Waals surface area (Å²) in [6.45, 7) is 1.64. The molecular formula is C13H11ClN2O4. The molecule has 0 unspecified atom stereocenters. The summed E-state index contributed by atoms with van der Waals surface area (Å²) < 4.78 is 4.99. The van der Waals surface area contributed by atoms with E-state index >= 15 is 0 Å². The monoisotopic (exact) mass is 294 g/mol.